The first-order valence-corrected chi connectivity index (χ1v) is 59.7. The van der Waals surface area contributed by atoms with Crippen LogP contribution in [0.15, 0.2) is 226 Å². The largest absolute Gasteiger partial charge is 0.872 e. The second kappa shape index (κ2) is 67.1. The molecule has 0 aliphatic rings. The number of ether oxygens (including phenoxy) is 3. The molecule has 34 heteroatoms. The number of hydrogen-bond acceptors (Lipinski definition) is 15. The van der Waals surface area contributed by atoms with Gasteiger partial charge in [0.2, 0.25) is 5.12 Å². The first kappa shape index (κ1) is 133. The Bertz CT molecular complexity index is 5260. The molecule has 0 aromatic heterocycles. The fourth-order valence-electron chi connectivity index (χ4n) is 11.3. The van der Waals surface area contributed by atoms with Gasteiger partial charge in [0, 0.05) is 63.8 Å². The number of quaternary nitrogens is 5. The summed E-state index contributed by atoms with van der Waals surface area (Å²) in [5.74, 6) is 2.68. The van der Waals surface area contributed by atoms with Gasteiger partial charge in [0.05, 0.1) is 153 Å². The summed E-state index contributed by atoms with van der Waals surface area (Å²) < 4.78 is 32.1. The summed E-state index contributed by atoms with van der Waals surface area (Å²) in [6.07, 6.45) is 0. The minimum absolute atomic E-state index is 0.0391. The highest BCUT2D eigenvalue weighted by Crippen LogP contribution is 2.43. The number of thioether (sulfide) groups is 2. The number of carbonyl (C=O) groups is 3. The van der Waals surface area contributed by atoms with E-state index in [1.165, 1.54) is 89.1 Å². The third-order valence-electron chi connectivity index (χ3n) is 20.7. The van der Waals surface area contributed by atoms with Crippen LogP contribution in [0.2, 0.25) is 0 Å². The Balaban J connectivity index is 0.000000532. The van der Waals surface area contributed by atoms with Crippen molar-refractivity contribution in [3.63, 3.8) is 0 Å². The predicted octanol–water partition coefficient (Wildman–Crippen LogP) is 26.8. The number of aromatic hydroxyl groups is 2. The minimum atomic E-state index is -0.259. The second-order valence-corrected chi connectivity index (χ2v) is 54.2. The van der Waals surface area contributed by atoms with Crippen molar-refractivity contribution in [2.24, 2.45) is 5.41 Å². The fraction of sp³-hybridized carbons (Fsp3) is 0.356. The summed E-state index contributed by atoms with van der Waals surface area (Å²) in [5, 5.41) is 75.9. The smallest absolute Gasteiger partial charge is 0.338 e. The van der Waals surface area contributed by atoms with Gasteiger partial charge < -0.3 is 72.4 Å². The molecule has 0 radical (unpaired) electrons. The van der Waals surface area contributed by atoms with Gasteiger partial charge in [-0.25, -0.2) is 4.79 Å². The first-order chi connectivity index (χ1) is 64.1. The van der Waals surface area contributed by atoms with E-state index in [-0.39, 0.29) is 71.7 Å². The molecule has 18 nitrogen and oxygen atoms in total. The van der Waals surface area contributed by atoms with Crippen LogP contribution in [-0.4, -0.2) is 210 Å². The van der Waals surface area contributed by atoms with Crippen molar-refractivity contribution in [3.8, 4) is 46.0 Å². The SMILES string of the molecule is CC(=O)SCC[N+](C)(C)C.CC(C)(C)C(C)(C)c1ccc(OCCOCC[N+](C)(C)Cc2ccccc2)cc1.CC[N+](CC)(CC)Cc1ccccc1.C[N+](C)(C)CCOC(=O)c1cccc2ccccc12.C[N+](C)(C)CCSC(=O)c1ccccc1.[O-]c1c(Br)cc(Br)c(O)c1Br.[O-]c1c(I)cc(I)cc1I.[O-]c1c(I)cc(I)cc1I.[O-]c1c(I)cc(I)cc1I.[O-]c1cc(I)c(O)cc1I. The Hall–Kier alpha value is -1.18. The fourth-order valence-corrected chi connectivity index (χ4v) is 27.1. The highest BCUT2D eigenvalue weighted by Gasteiger charge is 2.34. The minimum Gasteiger partial charge on any atom is -0.872 e. The van der Waals surface area contributed by atoms with Crippen LogP contribution < -0.4 is 30.3 Å². The van der Waals surface area contributed by atoms with Crippen LogP contribution in [0.5, 0.6) is 46.0 Å². The van der Waals surface area contributed by atoms with Crippen LogP contribution in [0, 0.1) is 44.7 Å². The van der Waals surface area contributed by atoms with Gasteiger partial charge in [-0.15, -0.1) is 0 Å². The molecule has 11 aromatic rings. The third-order valence-corrected chi connectivity index (χ3v) is 32.7. The van der Waals surface area contributed by atoms with Crippen LogP contribution in [-0.2, 0) is 32.8 Å². The topological polar surface area (TPSA) is 235 Å². The molecule has 0 aliphatic heterocycles. The number of phenolic OH excluding ortho intramolecular Hbond substituents is 2. The van der Waals surface area contributed by atoms with Crippen molar-refractivity contribution in [1.82, 2.24) is 0 Å². The Labute approximate surface area is 1000 Å². The summed E-state index contributed by atoms with van der Waals surface area (Å²) in [7, 11) is 23.5. The number of phenols is 2. The molecule has 0 saturated carbocycles. The second-order valence-electron chi connectivity index (χ2n) is 36.3. The summed E-state index contributed by atoms with van der Waals surface area (Å²) in [4.78, 5) is 34.3. The molecule has 0 atom stereocenters. The lowest BCUT2D eigenvalue weighted by Gasteiger charge is -2.39. The van der Waals surface area contributed by atoms with E-state index in [2.05, 4.69) is 469 Å². The summed E-state index contributed by atoms with van der Waals surface area (Å²) in [6.45, 7) is 32.0. The molecule has 0 bridgehead atoms. The van der Waals surface area contributed by atoms with Crippen molar-refractivity contribution in [3.05, 3.63) is 293 Å². The van der Waals surface area contributed by atoms with Gasteiger partial charge in [-0.2, -0.15) is 0 Å². The van der Waals surface area contributed by atoms with Gasteiger partial charge in [0.15, 0.2) is 5.12 Å². The standard InChI is InChI=1S/C26H40NO2.C16H20NO2.C13H22N.C12H18NOS.C7H16NOS.C6H3Br3O2.3C6H3I3O.C6H4I2O2/c1-25(2,3)26(4,5)23-13-15-24(16-14-23)29-20-19-28-18-17-27(6,7)21-22-11-9-8-10-12-22;1-17(2,3)11-12-19-16(18)15-10-6-8-13-7-4-5-9-14(13)15;1-4-14(5-2,6-3)12-13-10-8-7-9-11-13;1-13(2,3)9-10-15-12(14)11-7-5-4-6-8-11;1-7(9)10-6-5-8(2,3)4;7-2-1-3(8)6(11)4(9)5(2)10;3*7-3-1-4(8)6(10)5(9)2-3;7-3-1-5(9)4(8)2-6(3)10/h8-16H,17-21H2,1-7H3;4-10H,11-12H2,1-3H3;7-11H,4-6,12H2,1-3H3;4-8H,9-10H2,1-3H3;5-6H2,1-4H3;1,10-11H;3*1-2,10H;1-2,9-10H/q5*+1;;;;;/p-5. The lowest BCUT2D eigenvalue weighted by atomic mass is 9.65. The number of fused-ring (bicyclic) bond motifs is 1. The highest BCUT2D eigenvalue weighted by molar-refractivity contribution is 14.1. The van der Waals surface area contributed by atoms with Crippen LogP contribution in [0.1, 0.15) is 99.7 Å². The molecule has 0 unspecified atom stereocenters. The Morgan fingerprint density at radius 3 is 1.25 bits per heavy atom. The molecular formula is C104H127Br3I11N5O13S2. The summed E-state index contributed by atoms with van der Waals surface area (Å²) >= 11 is 34.6. The van der Waals surface area contributed by atoms with Crippen molar-refractivity contribution in [2.45, 2.75) is 80.8 Å². The number of hydrogen-bond donors (Lipinski definition) is 2. The van der Waals surface area contributed by atoms with Crippen molar-refractivity contribution >= 4 is 347 Å². The molecule has 0 fully saturated rings. The quantitative estimate of drug-likeness (QED) is 0.0222. The lowest BCUT2D eigenvalue weighted by molar-refractivity contribution is -0.936. The average molecular weight is 3350 g/mol. The maximum absolute atomic E-state index is 12.1. The zero-order valence-electron chi connectivity index (χ0n) is 81.5. The van der Waals surface area contributed by atoms with E-state index in [1.807, 2.05) is 154 Å². The van der Waals surface area contributed by atoms with E-state index in [1.54, 1.807) is 6.92 Å². The molecule has 0 aliphatic carbocycles. The van der Waals surface area contributed by atoms with E-state index in [0.29, 0.717) is 41.5 Å². The number of likely N-dealkylation sites (N-methyl/N-ethyl adjacent to an activating group) is 2. The van der Waals surface area contributed by atoms with Crippen molar-refractivity contribution < 1.29 is 86.8 Å². The molecule has 0 heterocycles. The van der Waals surface area contributed by atoms with E-state index >= 15 is 0 Å². The maximum atomic E-state index is 12.1. The number of rotatable bonds is 26. The normalized spacial score (nSPS) is 11.2. The Morgan fingerprint density at radius 1 is 0.420 bits per heavy atom. The number of carbonyl (C=O) groups excluding carboxylic acids is 3. The zero-order valence-corrected chi connectivity index (χ0v) is 112. The summed E-state index contributed by atoms with van der Waals surface area (Å²) in [6, 6.07) is 68.6. The number of nitrogens with zero attached hydrogens (tertiary/aromatic N) is 5. The van der Waals surface area contributed by atoms with E-state index in [9.17, 15) is 45.0 Å². The van der Waals surface area contributed by atoms with E-state index < -0.39 is 0 Å². The van der Waals surface area contributed by atoms with Crippen LogP contribution in [0.25, 0.3) is 10.8 Å². The molecule has 0 saturated heterocycles. The molecular weight excluding hydrogens is 3230 g/mol. The van der Waals surface area contributed by atoms with Gasteiger partial charge in [-0.1, -0.05) is 248 Å². The average Bonchev–Trinajstić information content (AvgIpc) is 0.790. The molecule has 0 amide bonds. The van der Waals surface area contributed by atoms with Crippen molar-refractivity contribution in [1.29, 1.82) is 0 Å². The van der Waals surface area contributed by atoms with Crippen LogP contribution >= 0.6 is 320 Å². The van der Waals surface area contributed by atoms with Gasteiger partial charge in [-0.3, -0.25) is 9.59 Å². The van der Waals surface area contributed by atoms with Gasteiger partial charge in [0.25, 0.3) is 0 Å². The molecule has 2 N–H and O–H groups in total. The van der Waals surface area contributed by atoms with Crippen LogP contribution in [0.4, 0.5) is 0 Å². The highest BCUT2D eigenvalue weighted by atomic mass is 127. The van der Waals surface area contributed by atoms with Crippen molar-refractivity contribution in [2.75, 3.05) is 161 Å². The predicted molar refractivity (Wildman–Crippen MR) is 669 cm³/mol. The number of halogens is 14. The molecule has 0 spiro atoms. The van der Waals surface area contributed by atoms with E-state index in [4.69, 9.17) is 19.3 Å². The number of benzene rings is 11. The monoisotopic (exact) mass is 3350 g/mol. The van der Waals surface area contributed by atoms with Gasteiger partial charge in [-0.05, 0) is 395 Å². The van der Waals surface area contributed by atoms with Crippen LogP contribution in [0.3, 0.4) is 0 Å². The lowest BCUT2D eigenvalue weighted by Crippen LogP contribution is -2.46. The Morgan fingerprint density at radius 2 is 0.833 bits per heavy atom. The third kappa shape index (κ3) is 54.3. The Kier molecular flexibility index (Phi) is 64.6. The summed E-state index contributed by atoms with van der Waals surface area (Å²) in [5.41, 5.74) is 5.91. The maximum Gasteiger partial charge on any atom is 0.338 e. The van der Waals surface area contributed by atoms with Gasteiger partial charge >= 0.3 is 5.97 Å². The number of esters is 1. The van der Waals surface area contributed by atoms with Gasteiger partial charge in [0.1, 0.15) is 56.6 Å². The zero-order chi connectivity index (χ0) is 105. The molecule has 11 aromatic carbocycles. The first-order valence-electron chi connectivity index (χ1n) is 43.4. The van der Waals surface area contributed by atoms with E-state index in [0.717, 1.165) is 123 Å². The molecule has 11 rings (SSSR count). The molecule has 756 valence electrons. The molecule has 138 heavy (non-hydrogen) atoms.